The molecule has 0 saturated carbocycles. The van der Waals surface area contributed by atoms with Gasteiger partial charge in [0.15, 0.2) is 0 Å². The molecule has 0 spiro atoms. The van der Waals surface area contributed by atoms with Crippen LogP contribution in [0, 0.1) is 6.92 Å². The molecule has 130 valence electrons. The van der Waals surface area contributed by atoms with Crippen LogP contribution in [0.5, 0.6) is 0 Å². The van der Waals surface area contributed by atoms with E-state index >= 15 is 0 Å². The first-order valence-corrected chi connectivity index (χ1v) is 9.22. The highest BCUT2D eigenvalue weighted by atomic mass is 32.1. The van der Waals surface area contributed by atoms with Crippen molar-refractivity contribution in [3.8, 4) is 0 Å². The first-order valence-electron chi connectivity index (χ1n) is 8.34. The van der Waals surface area contributed by atoms with Crippen molar-refractivity contribution in [2.24, 2.45) is 0 Å². The summed E-state index contributed by atoms with van der Waals surface area (Å²) in [6.45, 7) is 6.67. The fourth-order valence-corrected chi connectivity index (χ4v) is 3.83. The predicted octanol–water partition coefficient (Wildman–Crippen LogP) is 1.38. The summed E-state index contributed by atoms with van der Waals surface area (Å²) >= 11 is 1.64. The lowest BCUT2D eigenvalue weighted by molar-refractivity contribution is -0.0594. The Morgan fingerprint density at radius 1 is 1.48 bits per heavy atom. The minimum atomic E-state index is -0.479. The molecular weight excluding hydrogens is 316 g/mol. The van der Waals surface area contributed by atoms with Crippen LogP contribution in [0.3, 0.4) is 0 Å². The van der Waals surface area contributed by atoms with E-state index in [0.717, 1.165) is 43.2 Å². The molecule has 3 heterocycles. The van der Waals surface area contributed by atoms with Crippen LogP contribution < -0.4 is 0 Å². The third-order valence-electron chi connectivity index (χ3n) is 4.17. The second-order valence-electron chi connectivity index (χ2n) is 6.27. The summed E-state index contributed by atoms with van der Waals surface area (Å²) in [7, 11) is 0. The number of hydrogen-bond acceptors (Lipinski definition) is 7. The van der Waals surface area contributed by atoms with Gasteiger partial charge in [0.25, 0.3) is 0 Å². The van der Waals surface area contributed by atoms with Gasteiger partial charge in [-0.1, -0.05) is 0 Å². The van der Waals surface area contributed by atoms with Crippen LogP contribution in [0.15, 0.2) is 5.38 Å². The zero-order chi connectivity index (χ0) is 16.1. The second-order valence-corrected chi connectivity index (χ2v) is 7.16. The summed E-state index contributed by atoms with van der Waals surface area (Å²) in [6.07, 6.45) is 1.93. The molecule has 0 bridgehead atoms. The van der Waals surface area contributed by atoms with Gasteiger partial charge in [0, 0.05) is 37.3 Å². The van der Waals surface area contributed by atoms with E-state index in [1.807, 2.05) is 12.3 Å². The molecule has 7 heteroatoms. The molecule has 1 aromatic heterocycles. The van der Waals surface area contributed by atoms with Crippen LogP contribution in [-0.4, -0.2) is 73.3 Å². The zero-order valence-electron chi connectivity index (χ0n) is 13.6. The van der Waals surface area contributed by atoms with E-state index in [1.165, 1.54) is 0 Å². The van der Waals surface area contributed by atoms with Gasteiger partial charge >= 0.3 is 0 Å². The van der Waals surface area contributed by atoms with E-state index in [1.54, 1.807) is 11.3 Å². The van der Waals surface area contributed by atoms with Crippen LogP contribution >= 0.6 is 11.3 Å². The molecule has 3 atom stereocenters. The Kier molecular flexibility index (Phi) is 6.38. The average molecular weight is 342 g/mol. The smallest absolute Gasteiger partial charge is 0.123 e. The molecule has 2 aliphatic rings. The summed E-state index contributed by atoms with van der Waals surface area (Å²) in [6, 6.07) is 0. The third kappa shape index (κ3) is 5.20. The Bertz CT molecular complexity index is 478. The molecule has 3 unspecified atom stereocenters. The van der Waals surface area contributed by atoms with Gasteiger partial charge < -0.3 is 19.3 Å². The van der Waals surface area contributed by atoms with Crippen molar-refractivity contribution in [3.63, 3.8) is 0 Å². The number of aryl methyl sites for hydroxylation is 1. The van der Waals surface area contributed by atoms with Gasteiger partial charge in [-0.2, -0.15) is 0 Å². The molecule has 2 saturated heterocycles. The van der Waals surface area contributed by atoms with Crippen molar-refractivity contribution in [2.75, 3.05) is 46.1 Å². The largest absolute Gasteiger partial charge is 0.389 e. The Morgan fingerprint density at radius 2 is 2.39 bits per heavy atom. The van der Waals surface area contributed by atoms with Crippen LogP contribution in [0.1, 0.15) is 29.6 Å². The minimum absolute atomic E-state index is 0.0162. The highest BCUT2D eigenvalue weighted by Gasteiger charge is 2.25. The summed E-state index contributed by atoms with van der Waals surface area (Å²) in [5.41, 5.74) is 1.04. The lowest BCUT2D eigenvalue weighted by Gasteiger charge is -2.33. The molecule has 0 radical (unpaired) electrons. The first-order chi connectivity index (χ1) is 11.2. The van der Waals surface area contributed by atoms with Crippen molar-refractivity contribution < 1.29 is 19.3 Å². The lowest BCUT2D eigenvalue weighted by atomic mass is 10.2. The number of aliphatic hydroxyl groups excluding tert-OH is 1. The molecule has 3 rings (SSSR count). The fourth-order valence-electron chi connectivity index (χ4n) is 3.00. The van der Waals surface area contributed by atoms with Gasteiger partial charge in [-0.3, -0.25) is 4.90 Å². The number of aliphatic hydroxyl groups is 1. The third-order valence-corrected chi connectivity index (χ3v) is 5.22. The highest BCUT2D eigenvalue weighted by Crippen LogP contribution is 2.25. The van der Waals surface area contributed by atoms with Gasteiger partial charge in [-0.25, -0.2) is 4.98 Å². The van der Waals surface area contributed by atoms with E-state index in [4.69, 9.17) is 14.2 Å². The number of thiazole rings is 1. The molecule has 23 heavy (non-hydrogen) atoms. The maximum absolute atomic E-state index is 10.2. The van der Waals surface area contributed by atoms with E-state index in [-0.39, 0.29) is 12.2 Å². The maximum Gasteiger partial charge on any atom is 0.123 e. The van der Waals surface area contributed by atoms with Crippen molar-refractivity contribution in [1.29, 1.82) is 0 Å². The van der Waals surface area contributed by atoms with Crippen molar-refractivity contribution >= 4 is 11.3 Å². The standard InChI is InChI=1S/C16H26N2O4S/c1-12-11-23-16(17-12)15-8-18(4-6-22-15)7-13(19)9-20-10-14-3-2-5-21-14/h11,13-15,19H,2-10H2,1H3. The van der Waals surface area contributed by atoms with Crippen molar-refractivity contribution in [3.05, 3.63) is 16.1 Å². The van der Waals surface area contributed by atoms with E-state index in [0.29, 0.717) is 26.4 Å². The van der Waals surface area contributed by atoms with Crippen LogP contribution in [-0.2, 0) is 14.2 Å². The van der Waals surface area contributed by atoms with Crippen LogP contribution in [0.2, 0.25) is 0 Å². The van der Waals surface area contributed by atoms with E-state index in [2.05, 4.69) is 9.88 Å². The zero-order valence-corrected chi connectivity index (χ0v) is 14.5. The van der Waals surface area contributed by atoms with Crippen LogP contribution in [0.25, 0.3) is 0 Å². The fraction of sp³-hybridized carbons (Fsp3) is 0.812. The monoisotopic (exact) mass is 342 g/mol. The number of β-amino-alcohol motifs (C(OH)–C–C–N with tert-alkyl or cyclic N) is 1. The molecule has 0 aromatic carbocycles. The number of rotatable bonds is 7. The quantitative estimate of drug-likeness (QED) is 0.808. The summed E-state index contributed by atoms with van der Waals surface area (Å²) in [5.74, 6) is 0. The van der Waals surface area contributed by atoms with Crippen molar-refractivity contribution in [2.45, 2.75) is 38.1 Å². The Labute approximate surface area is 141 Å². The normalized spacial score (nSPS) is 27.4. The molecule has 2 aliphatic heterocycles. The van der Waals surface area contributed by atoms with Gasteiger partial charge in [-0.05, 0) is 19.8 Å². The number of hydrogen-bond donors (Lipinski definition) is 1. The average Bonchev–Trinajstić information content (AvgIpc) is 3.19. The molecule has 1 aromatic rings. The number of morpholine rings is 1. The van der Waals surface area contributed by atoms with Gasteiger partial charge in [0.05, 0.1) is 32.0 Å². The van der Waals surface area contributed by atoms with Gasteiger partial charge in [-0.15, -0.1) is 11.3 Å². The maximum atomic E-state index is 10.2. The number of nitrogens with zero attached hydrogens (tertiary/aromatic N) is 2. The molecule has 1 N–H and O–H groups in total. The second kappa shape index (κ2) is 8.50. The molecule has 0 amide bonds. The lowest BCUT2D eigenvalue weighted by Crippen LogP contribution is -2.43. The van der Waals surface area contributed by atoms with Gasteiger partial charge in [0.1, 0.15) is 11.1 Å². The Morgan fingerprint density at radius 3 is 3.13 bits per heavy atom. The molecule has 2 fully saturated rings. The molecular formula is C16H26N2O4S. The number of ether oxygens (including phenoxy) is 3. The summed E-state index contributed by atoms with van der Waals surface area (Å²) in [4.78, 5) is 6.73. The predicted molar refractivity (Wildman–Crippen MR) is 87.8 cm³/mol. The molecule has 0 aliphatic carbocycles. The summed E-state index contributed by atoms with van der Waals surface area (Å²) < 4.78 is 16.9. The van der Waals surface area contributed by atoms with Crippen molar-refractivity contribution in [1.82, 2.24) is 9.88 Å². The van der Waals surface area contributed by atoms with E-state index < -0.39 is 6.10 Å². The highest BCUT2D eigenvalue weighted by molar-refractivity contribution is 7.09. The van der Waals surface area contributed by atoms with E-state index in [9.17, 15) is 5.11 Å². The number of aromatic nitrogens is 1. The SMILES string of the molecule is Cc1csc(C2CN(CC(O)COCC3CCCO3)CCO2)n1. The Hall–Kier alpha value is -0.570. The summed E-state index contributed by atoms with van der Waals surface area (Å²) in [5, 5.41) is 13.2. The Balaban J connectivity index is 1.38. The topological polar surface area (TPSA) is 64.1 Å². The minimum Gasteiger partial charge on any atom is -0.389 e. The molecule has 6 nitrogen and oxygen atoms in total. The van der Waals surface area contributed by atoms with Crippen LogP contribution in [0.4, 0.5) is 0 Å². The first kappa shape index (κ1) is 17.3. The van der Waals surface area contributed by atoms with Gasteiger partial charge in [0.2, 0.25) is 0 Å².